The number of nitrogens with two attached hydrogens (primary N) is 1. The van der Waals surface area contributed by atoms with E-state index in [1.807, 2.05) is 0 Å². The lowest BCUT2D eigenvalue weighted by Gasteiger charge is -2.14. The third-order valence-electron chi connectivity index (χ3n) is 2.32. The first-order valence-corrected chi connectivity index (χ1v) is 5.17. The standard InChI is InChI=1S/C11H13FN4O/c1-16(11-15-14-10(6-13)17-11)7-8-4-2-3-5-9(8)12/h2-5H,6-7,13H2,1H3. The second kappa shape index (κ2) is 4.92. The molecule has 0 aliphatic heterocycles. The molecular weight excluding hydrogens is 223 g/mol. The molecule has 2 rings (SSSR count). The van der Waals surface area contributed by atoms with Crippen molar-refractivity contribution in [3.63, 3.8) is 0 Å². The zero-order valence-corrected chi connectivity index (χ0v) is 9.43. The third-order valence-corrected chi connectivity index (χ3v) is 2.32. The summed E-state index contributed by atoms with van der Waals surface area (Å²) in [4.78, 5) is 1.67. The molecule has 0 amide bonds. The van der Waals surface area contributed by atoms with Gasteiger partial charge >= 0.3 is 6.01 Å². The van der Waals surface area contributed by atoms with Crippen molar-refractivity contribution in [2.75, 3.05) is 11.9 Å². The van der Waals surface area contributed by atoms with Gasteiger partial charge in [0.1, 0.15) is 5.82 Å². The lowest BCUT2D eigenvalue weighted by molar-refractivity contribution is 0.489. The highest BCUT2D eigenvalue weighted by atomic mass is 19.1. The van der Waals surface area contributed by atoms with Crippen molar-refractivity contribution >= 4 is 6.01 Å². The maximum absolute atomic E-state index is 13.4. The van der Waals surface area contributed by atoms with Crippen molar-refractivity contribution in [1.82, 2.24) is 10.2 Å². The van der Waals surface area contributed by atoms with Crippen LogP contribution in [0.2, 0.25) is 0 Å². The summed E-state index contributed by atoms with van der Waals surface area (Å²) < 4.78 is 18.7. The van der Waals surface area contributed by atoms with E-state index >= 15 is 0 Å². The van der Waals surface area contributed by atoms with Gasteiger partial charge in [-0.05, 0) is 6.07 Å². The Labute approximate surface area is 98.1 Å². The number of anilines is 1. The van der Waals surface area contributed by atoms with Crippen molar-refractivity contribution < 1.29 is 8.81 Å². The summed E-state index contributed by atoms with van der Waals surface area (Å²) in [6.45, 7) is 0.555. The minimum absolute atomic E-state index is 0.195. The van der Waals surface area contributed by atoms with E-state index in [0.29, 0.717) is 24.0 Å². The summed E-state index contributed by atoms with van der Waals surface area (Å²) in [7, 11) is 1.75. The molecule has 0 fully saturated rings. The maximum Gasteiger partial charge on any atom is 0.318 e. The van der Waals surface area contributed by atoms with E-state index in [1.165, 1.54) is 6.07 Å². The Bertz CT molecular complexity index is 500. The second-order valence-electron chi connectivity index (χ2n) is 3.63. The SMILES string of the molecule is CN(Cc1ccccc1F)c1nnc(CN)o1. The summed E-state index contributed by atoms with van der Waals surface area (Å²) in [6.07, 6.45) is 0. The number of aromatic nitrogens is 2. The normalized spacial score (nSPS) is 10.5. The molecule has 0 unspecified atom stereocenters. The highest BCUT2D eigenvalue weighted by Crippen LogP contribution is 2.15. The summed E-state index contributed by atoms with van der Waals surface area (Å²) >= 11 is 0. The van der Waals surface area contributed by atoms with Crippen molar-refractivity contribution in [1.29, 1.82) is 0 Å². The quantitative estimate of drug-likeness (QED) is 0.866. The molecule has 0 saturated heterocycles. The van der Waals surface area contributed by atoms with Gasteiger partial charge in [0.15, 0.2) is 0 Å². The number of benzene rings is 1. The molecule has 5 nitrogen and oxygen atoms in total. The van der Waals surface area contributed by atoms with Gasteiger partial charge in [-0.1, -0.05) is 23.3 Å². The van der Waals surface area contributed by atoms with Crippen LogP contribution in [-0.2, 0) is 13.1 Å². The molecule has 17 heavy (non-hydrogen) atoms. The lowest BCUT2D eigenvalue weighted by atomic mass is 10.2. The molecule has 0 aliphatic rings. The minimum Gasteiger partial charge on any atom is -0.407 e. The van der Waals surface area contributed by atoms with Crippen LogP contribution in [-0.4, -0.2) is 17.2 Å². The third kappa shape index (κ3) is 2.59. The summed E-state index contributed by atoms with van der Waals surface area (Å²) in [5.41, 5.74) is 5.94. The number of halogens is 1. The molecule has 0 saturated carbocycles. The molecule has 0 atom stereocenters. The van der Waals surface area contributed by atoms with E-state index in [0.717, 1.165) is 0 Å². The fourth-order valence-corrected chi connectivity index (χ4v) is 1.43. The molecule has 0 bridgehead atoms. The van der Waals surface area contributed by atoms with Gasteiger partial charge in [-0.25, -0.2) is 4.39 Å². The fraction of sp³-hybridized carbons (Fsp3) is 0.273. The second-order valence-corrected chi connectivity index (χ2v) is 3.63. The molecule has 90 valence electrons. The molecule has 1 heterocycles. The molecule has 0 radical (unpaired) electrons. The maximum atomic E-state index is 13.4. The smallest absolute Gasteiger partial charge is 0.318 e. The molecule has 0 aliphatic carbocycles. The highest BCUT2D eigenvalue weighted by Gasteiger charge is 2.11. The van der Waals surface area contributed by atoms with E-state index < -0.39 is 0 Å². The van der Waals surface area contributed by atoms with Crippen molar-refractivity contribution in [2.24, 2.45) is 5.73 Å². The number of rotatable bonds is 4. The van der Waals surface area contributed by atoms with Gasteiger partial charge in [0.2, 0.25) is 5.89 Å². The van der Waals surface area contributed by atoms with E-state index in [-0.39, 0.29) is 12.4 Å². The first-order valence-electron chi connectivity index (χ1n) is 5.17. The van der Waals surface area contributed by atoms with Crippen LogP contribution in [0.25, 0.3) is 0 Å². The lowest BCUT2D eigenvalue weighted by Crippen LogP contribution is -2.17. The predicted molar refractivity (Wildman–Crippen MR) is 60.7 cm³/mol. The van der Waals surface area contributed by atoms with Crippen LogP contribution in [0.5, 0.6) is 0 Å². The van der Waals surface area contributed by atoms with Crippen LogP contribution in [0.15, 0.2) is 28.7 Å². The topological polar surface area (TPSA) is 68.2 Å². The Hall–Kier alpha value is -1.95. The molecule has 1 aromatic heterocycles. The Kier molecular flexibility index (Phi) is 3.34. The van der Waals surface area contributed by atoms with Gasteiger partial charge in [0, 0.05) is 19.2 Å². The van der Waals surface area contributed by atoms with Gasteiger partial charge in [-0.3, -0.25) is 0 Å². The number of nitrogens with zero attached hydrogens (tertiary/aromatic N) is 3. The molecular formula is C11H13FN4O. The summed E-state index contributed by atoms with van der Waals surface area (Å²) in [6, 6.07) is 6.89. The van der Waals surface area contributed by atoms with Gasteiger partial charge in [0.25, 0.3) is 0 Å². The van der Waals surface area contributed by atoms with E-state index in [2.05, 4.69) is 10.2 Å². The fourth-order valence-electron chi connectivity index (χ4n) is 1.43. The van der Waals surface area contributed by atoms with E-state index in [9.17, 15) is 4.39 Å². The van der Waals surface area contributed by atoms with Gasteiger partial charge in [-0.2, -0.15) is 0 Å². The Morgan fingerprint density at radius 2 is 2.12 bits per heavy atom. The van der Waals surface area contributed by atoms with Crippen LogP contribution < -0.4 is 10.6 Å². The molecule has 0 spiro atoms. The Morgan fingerprint density at radius 3 is 2.76 bits per heavy atom. The predicted octanol–water partition coefficient (Wildman–Crippen LogP) is 1.30. The first-order chi connectivity index (χ1) is 8.20. The molecule has 2 N–H and O–H groups in total. The largest absolute Gasteiger partial charge is 0.407 e. The van der Waals surface area contributed by atoms with Crippen LogP contribution >= 0.6 is 0 Å². The number of hydrogen-bond acceptors (Lipinski definition) is 5. The number of hydrogen-bond donors (Lipinski definition) is 1. The summed E-state index contributed by atoms with van der Waals surface area (Å²) in [5, 5.41) is 7.56. The molecule has 1 aromatic carbocycles. The van der Waals surface area contributed by atoms with E-state index in [1.54, 1.807) is 30.1 Å². The Balaban J connectivity index is 2.11. The van der Waals surface area contributed by atoms with Gasteiger partial charge in [-0.15, -0.1) is 5.10 Å². The highest BCUT2D eigenvalue weighted by molar-refractivity contribution is 5.27. The Morgan fingerprint density at radius 1 is 1.35 bits per heavy atom. The minimum atomic E-state index is -0.252. The van der Waals surface area contributed by atoms with E-state index in [4.69, 9.17) is 10.2 Å². The van der Waals surface area contributed by atoms with Gasteiger partial charge < -0.3 is 15.1 Å². The van der Waals surface area contributed by atoms with Crippen LogP contribution in [0, 0.1) is 5.82 Å². The monoisotopic (exact) mass is 236 g/mol. The average Bonchev–Trinajstić information content (AvgIpc) is 2.81. The molecule has 6 heteroatoms. The van der Waals surface area contributed by atoms with Crippen molar-refractivity contribution in [3.05, 3.63) is 41.5 Å². The molecule has 2 aromatic rings. The van der Waals surface area contributed by atoms with Crippen molar-refractivity contribution in [2.45, 2.75) is 13.1 Å². The zero-order valence-electron chi connectivity index (χ0n) is 9.43. The van der Waals surface area contributed by atoms with Crippen molar-refractivity contribution in [3.8, 4) is 0 Å². The van der Waals surface area contributed by atoms with Crippen LogP contribution in [0.4, 0.5) is 10.4 Å². The van der Waals surface area contributed by atoms with Crippen LogP contribution in [0.1, 0.15) is 11.5 Å². The summed E-state index contributed by atoms with van der Waals surface area (Å²) in [5.74, 6) is 0.110. The van der Waals surface area contributed by atoms with Gasteiger partial charge in [0.05, 0.1) is 6.54 Å². The average molecular weight is 236 g/mol. The first kappa shape index (κ1) is 11.5. The van der Waals surface area contributed by atoms with Crippen LogP contribution in [0.3, 0.4) is 0 Å². The zero-order chi connectivity index (χ0) is 12.3.